The molecule has 0 bridgehead atoms. The zero-order valence-electron chi connectivity index (χ0n) is 11.3. The van der Waals surface area contributed by atoms with E-state index in [9.17, 15) is 14.9 Å². The van der Waals surface area contributed by atoms with Gasteiger partial charge in [-0.3, -0.25) is 14.9 Å². The standard InChI is InChI=1S/C14H17BrN2O3/c1-9(10-4-2-3-5-10)16-14(18)11-6-7-12(15)13(8-11)17(19)20/h6-10H,2-5H2,1H3,(H,16,18). The molecular weight excluding hydrogens is 324 g/mol. The second-order valence-electron chi connectivity index (χ2n) is 5.23. The van der Waals surface area contributed by atoms with Gasteiger partial charge in [0.1, 0.15) is 0 Å². The molecule has 0 radical (unpaired) electrons. The molecular formula is C14H17BrN2O3. The highest BCUT2D eigenvalue weighted by Gasteiger charge is 2.24. The normalized spacial score (nSPS) is 16.9. The lowest BCUT2D eigenvalue weighted by Crippen LogP contribution is -2.37. The summed E-state index contributed by atoms with van der Waals surface area (Å²) in [7, 11) is 0. The average Bonchev–Trinajstić information content (AvgIpc) is 2.92. The van der Waals surface area contributed by atoms with E-state index in [0.29, 0.717) is 16.0 Å². The summed E-state index contributed by atoms with van der Waals surface area (Å²) in [6.07, 6.45) is 4.72. The Hall–Kier alpha value is -1.43. The van der Waals surface area contributed by atoms with Crippen molar-refractivity contribution in [2.45, 2.75) is 38.6 Å². The SMILES string of the molecule is CC(NC(=O)c1ccc(Br)c([N+](=O)[O-])c1)C1CCCC1. The number of benzene rings is 1. The first-order valence-corrected chi connectivity index (χ1v) is 7.53. The number of nitrogens with zero attached hydrogens (tertiary/aromatic N) is 1. The summed E-state index contributed by atoms with van der Waals surface area (Å²) in [5.41, 5.74) is 0.232. The second kappa shape index (κ2) is 6.35. The molecule has 6 heteroatoms. The van der Waals surface area contributed by atoms with E-state index in [2.05, 4.69) is 21.2 Å². The molecule has 1 aliphatic rings. The second-order valence-corrected chi connectivity index (χ2v) is 6.08. The molecule has 0 heterocycles. The molecule has 1 N–H and O–H groups in total. The van der Waals surface area contributed by atoms with Gasteiger partial charge in [0, 0.05) is 17.7 Å². The molecule has 20 heavy (non-hydrogen) atoms. The van der Waals surface area contributed by atoms with Crippen molar-refractivity contribution in [2.75, 3.05) is 0 Å². The van der Waals surface area contributed by atoms with Gasteiger partial charge < -0.3 is 5.32 Å². The molecule has 1 aliphatic carbocycles. The summed E-state index contributed by atoms with van der Waals surface area (Å²) < 4.78 is 0.378. The summed E-state index contributed by atoms with van der Waals surface area (Å²) >= 11 is 3.11. The summed E-state index contributed by atoms with van der Waals surface area (Å²) in [5, 5.41) is 13.8. The van der Waals surface area contributed by atoms with Crippen LogP contribution in [0.3, 0.4) is 0 Å². The van der Waals surface area contributed by atoms with Crippen LogP contribution < -0.4 is 5.32 Å². The number of hydrogen-bond acceptors (Lipinski definition) is 3. The fraction of sp³-hybridized carbons (Fsp3) is 0.500. The van der Waals surface area contributed by atoms with Crippen molar-refractivity contribution in [1.29, 1.82) is 0 Å². The van der Waals surface area contributed by atoms with E-state index in [0.717, 1.165) is 12.8 Å². The van der Waals surface area contributed by atoms with Gasteiger partial charge in [0.2, 0.25) is 0 Å². The molecule has 5 nitrogen and oxygen atoms in total. The monoisotopic (exact) mass is 340 g/mol. The fourth-order valence-electron chi connectivity index (χ4n) is 2.66. The number of nitro benzene ring substituents is 1. The Labute approximate surface area is 126 Å². The van der Waals surface area contributed by atoms with Crippen LogP contribution in [0.25, 0.3) is 0 Å². The summed E-state index contributed by atoms with van der Waals surface area (Å²) in [4.78, 5) is 22.5. The van der Waals surface area contributed by atoms with Crippen LogP contribution in [-0.2, 0) is 0 Å². The lowest BCUT2D eigenvalue weighted by atomic mass is 9.99. The summed E-state index contributed by atoms with van der Waals surface area (Å²) in [6.45, 7) is 2.00. The maximum Gasteiger partial charge on any atom is 0.284 e. The number of nitro groups is 1. The molecule has 1 amide bonds. The van der Waals surface area contributed by atoms with Gasteiger partial charge in [-0.2, -0.15) is 0 Å². The highest BCUT2D eigenvalue weighted by atomic mass is 79.9. The van der Waals surface area contributed by atoms with Crippen molar-refractivity contribution >= 4 is 27.5 Å². The first-order chi connectivity index (χ1) is 9.49. The van der Waals surface area contributed by atoms with Gasteiger partial charge in [-0.1, -0.05) is 12.8 Å². The van der Waals surface area contributed by atoms with E-state index in [1.165, 1.54) is 25.0 Å². The first kappa shape index (κ1) is 15.0. The number of halogens is 1. The van der Waals surface area contributed by atoms with E-state index in [4.69, 9.17) is 0 Å². The van der Waals surface area contributed by atoms with Crippen molar-refractivity contribution in [1.82, 2.24) is 5.32 Å². The number of amides is 1. The third-order valence-corrected chi connectivity index (χ3v) is 4.54. The van der Waals surface area contributed by atoms with Crippen molar-refractivity contribution in [3.63, 3.8) is 0 Å². The topological polar surface area (TPSA) is 72.2 Å². The molecule has 1 aromatic rings. The van der Waals surface area contributed by atoms with Gasteiger partial charge in [0.15, 0.2) is 0 Å². The molecule has 2 rings (SSSR count). The Bertz CT molecular complexity index is 527. The highest BCUT2D eigenvalue weighted by molar-refractivity contribution is 9.10. The van der Waals surface area contributed by atoms with Crippen LogP contribution in [0, 0.1) is 16.0 Å². The molecule has 1 saturated carbocycles. The number of carbonyl (C=O) groups excluding carboxylic acids is 1. The quantitative estimate of drug-likeness (QED) is 0.671. The number of nitrogens with one attached hydrogen (secondary N) is 1. The Morgan fingerprint density at radius 2 is 2.10 bits per heavy atom. The van der Waals surface area contributed by atoms with Gasteiger partial charge in [-0.25, -0.2) is 0 Å². The Kier molecular flexibility index (Phi) is 4.75. The van der Waals surface area contributed by atoms with E-state index >= 15 is 0 Å². The molecule has 1 unspecified atom stereocenters. The van der Waals surface area contributed by atoms with E-state index in [-0.39, 0.29) is 17.6 Å². The van der Waals surface area contributed by atoms with Crippen molar-refractivity contribution in [3.8, 4) is 0 Å². The Balaban J connectivity index is 2.08. The maximum atomic E-state index is 12.1. The van der Waals surface area contributed by atoms with Crippen LogP contribution in [0.2, 0.25) is 0 Å². The van der Waals surface area contributed by atoms with Crippen LogP contribution in [0.4, 0.5) is 5.69 Å². The molecule has 1 atom stereocenters. The minimum absolute atomic E-state index is 0.0915. The van der Waals surface area contributed by atoms with Gasteiger partial charge in [-0.05, 0) is 53.7 Å². The van der Waals surface area contributed by atoms with Crippen LogP contribution in [0.15, 0.2) is 22.7 Å². The van der Waals surface area contributed by atoms with Crippen molar-refractivity contribution in [2.24, 2.45) is 5.92 Å². The van der Waals surface area contributed by atoms with Gasteiger partial charge >= 0.3 is 0 Å². The van der Waals surface area contributed by atoms with Gasteiger partial charge in [0.25, 0.3) is 11.6 Å². The molecule has 0 aliphatic heterocycles. The van der Waals surface area contributed by atoms with E-state index in [1.54, 1.807) is 6.07 Å². The van der Waals surface area contributed by atoms with E-state index in [1.807, 2.05) is 6.92 Å². The summed E-state index contributed by atoms with van der Waals surface area (Å²) in [5.74, 6) is 0.268. The first-order valence-electron chi connectivity index (χ1n) is 6.74. The zero-order chi connectivity index (χ0) is 14.7. The molecule has 1 fully saturated rings. The van der Waals surface area contributed by atoms with Crippen LogP contribution in [-0.4, -0.2) is 16.9 Å². The fourth-order valence-corrected chi connectivity index (χ4v) is 3.05. The Morgan fingerprint density at radius 1 is 1.45 bits per heavy atom. The molecule has 108 valence electrons. The van der Waals surface area contributed by atoms with Crippen LogP contribution in [0.5, 0.6) is 0 Å². The van der Waals surface area contributed by atoms with Crippen LogP contribution >= 0.6 is 15.9 Å². The molecule has 0 aromatic heterocycles. The maximum absolute atomic E-state index is 12.1. The zero-order valence-corrected chi connectivity index (χ0v) is 12.9. The van der Waals surface area contributed by atoms with Gasteiger partial charge in [0.05, 0.1) is 9.40 Å². The van der Waals surface area contributed by atoms with Crippen LogP contribution in [0.1, 0.15) is 43.0 Å². The molecule has 0 saturated heterocycles. The molecule has 0 spiro atoms. The lowest BCUT2D eigenvalue weighted by Gasteiger charge is -2.20. The largest absolute Gasteiger partial charge is 0.349 e. The van der Waals surface area contributed by atoms with Crippen molar-refractivity contribution < 1.29 is 9.72 Å². The predicted octanol–water partition coefficient (Wildman–Crippen LogP) is 3.67. The average molecular weight is 341 g/mol. The van der Waals surface area contributed by atoms with Crippen molar-refractivity contribution in [3.05, 3.63) is 38.3 Å². The highest BCUT2D eigenvalue weighted by Crippen LogP contribution is 2.28. The molecule has 1 aromatic carbocycles. The minimum atomic E-state index is -0.499. The third-order valence-electron chi connectivity index (χ3n) is 3.87. The number of hydrogen-bond donors (Lipinski definition) is 1. The lowest BCUT2D eigenvalue weighted by molar-refractivity contribution is -0.385. The minimum Gasteiger partial charge on any atom is -0.349 e. The Morgan fingerprint density at radius 3 is 2.70 bits per heavy atom. The van der Waals surface area contributed by atoms with E-state index < -0.39 is 4.92 Å². The predicted molar refractivity (Wildman–Crippen MR) is 79.7 cm³/mol. The van der Waals surface area contributed by atoms with Gasteiger partial charge in [-0.15, -0.1) is 0 Å². The third kappa shape index (κ3) is 3.36. The number of rotatable bonds is 4. The smallest absolute Gasteiger partial charge is 0.284 e. The summed E-state index contributed by atoms with van der Waals surface area (Å²) in [6, 6.07) is 4.54. The number of carbonyl (C=O) groups is 1.